The minimum atomic E-state index is -0.230. The van der Waals surface area contributed by atoms with E-state index in [-0.39, 0.29) is 41.1 Å². The van der Waals surface area contributed by atoms with E-state index in [2.05, 4.69) is 35.4 Å². The fraction of sp³-hybridized carbons (Fsp3) is 0.190. The first-order chi connectivity index (χ1) is 15.6. The average Bonchev–Trinajstić information content (AvgIpc) is 3.50. The van der Waals surface area contributed by atoms with Crippen molar-refractivity contribution >= 4 is 23.5 Å². The molecule has 1 fully saturated rings. The van der Waals surface area contributed by atoms with E-state index in [1.807, 2.05) is 37.4 Å². The van der Waals surface area contributed by atoms with Crippen molar-refractivity contribution in [2.75, 3.05) is 17.7 Å². The average molecular weight is 429 g/mol. The smallest absolute Gasteiger partial charge is 0.277 e. The predicted molar refractivity (Wildman–Crippen MR) is 116 cm³/mol. The van der Waals surface area contributed by atoms with Crippen LogP contribution in [0.1, 0.15) is 23.2 Å². The number of amides is 1. The number of nitrogens with one attached hydrogen (secondary N) is 1. The number of hydrogen-bond acceptors (Lipinski definition) is 10. The van der Waals surface area contributed by atoms with Crippen LogP contribution in [0.2, 0.25) is 0 Å². The van der Waals surface area contributed by atoms with E-state index in [1.165, 1.54) is 0 Å². The summed E-state index contributed by atoms with van der Waals surface area (Å²) in [5.74, 6) is 0.445. The van der Waals surface area contributed by atoms with Crippen LogP contribution in [-0.4, -0.2) is 49.1 Å². The molecule has 1 aromatic carbocycles. The Hall–Kier alpha value is -4.41. The number of para-hydroxylation sites is 1. The van der Waals surface area contributed by atoms with Crippen molar-refractivity contribution in [2.24, 2.45) is 0 Å². The Morgan fingerprint density at radius 1 is 1.06 bits per heavy atom. The number of aromatic nitrogens is 6. The van der Waals surface area contributed by atoms with Gasteiger partial charge in [-0.2, -0.15) is 19.9 Å². The molecular formula is C21H19N9O2. The van der Waals surface area contributed by atoms with Gasteiger partial charge in [0.15, 0.2) is 0 Å². The molecular weight excluding hydrogens is 410 g/mol. The van der Waals surface area contributed by atoms with Gasteiger partial charge in [0.25, 0.3) is 11.8 Å². The number of hydrogen-bond donors (Lipinski definition) is 2. The van der Waals surface area contributed by atoms with Gasteiger partial charge in [0.1, 0.15) is 5.69 Å². The maximum absolute atomic E-state index is 12.6. The molecule has 0 spiro atoms. The number of benzene rings is 1. The van der Waals surface area contributed by atoms with E-state index in [0.717, 1.165) is 18.5 Å². The van der Waals surface area contributed by atoms with Crippen LogP contribution in [0.5, 0.6) is 0 Å². The summed E-state index contributed by atoms with van der Waals surface area (Å²) >= 11 is 0. The summed E-state index contributed by atoms with van der Waals surface area (Å²) in [6, 6.07) is 13.1. The molecule has 0 saturated heterocycles. The number of carbonyl (C=O) groups excluding carboxylic acids is 1. The predicted octanol–water partition coefficient (Wildman–Crippen LogP) is 2.23. The molecule has 0 atom stereocenters. The van der Waals surface area contributed by atoms with Gasteiger partial charge < -0.3 is 20.5 Å². The topological polar surface area (TPSA) is 149 Å². The third-order valence-corrected chi connectivity index (χ3v) is 4.88. The molecule has 0 aliphatic heterocycles. The van der Waals surface area contributed by atoms with Crippen molar-refractivity contribution in [3.63, 3.8) is 0 Å². The summed E-state index contributed by atoms with van der Waals surface area (Å²) in [4.78, 5) is 35.7. The fourth-order valence-corrected chi connectivity index (χ4v) is 3.06. The maximum atomic E-state index is 12.6. The first-order valence-electron chi connectivity index (χ1n) is 9.99. The van der Waals surface area contributed by atoms with Crippen LogP contribution >= 0.6 is 0 Å². The van der Waals surface area contributed by atoms with Gasteiger partial charge in [-0.05, 0) is 37.1 Å². The second-order valence-corrected chi connectivity index (χ2v) is 7.28. The van der Waals surface area contributed by atoms with Crippen LogP contribution in [0, 0.1) is 0 Å². The Morgan fingerprint density at radius 2 is 1.88 bits per heavy atom. The second-order valence-electron chi connectivity index (χ2n) is 7.28. The monoisotopic (exact) mass is 429 g/mol. The summed E-state index contributed by atoms with van der Waals surface area (Å²) in [7, 11) is 1.81. The van der Waals surface area contributed by atoms with Gasteiger partial charge in [-0.3, -0.25) is 9.78 Å². The second kappa shape index (κ2) is 8.02. The lowest BCUT2D eigenvalue weighted by molar-refractivity contribution is 0.0951. The Kier molecular flexibility index (Phi) is 4.90. The minimum Gasteiger partial charge on any atom is -0.368 e. The van der Waals surface area contributed by atoms with Crippen LogP contribution in [-0.2, 0) is 0 Å². The normalized spacial score (nSPS) is 13.0. The molecule has 3 aromatic heterocycles. The van der Waals surface area contributed by atoms with Crippen LogP contribution in [0.15, 0.2) is 53.2 Å². The lowest BCUT2D eigenvalue weighted by atomic mass is 10.1. The lowest BCUT2D eigenvalue weighted by Gasteiger charge is -2.17. The molecule has 1 amide bonds. The van der Waals surface area contributed by atoms with Crippen molar-refractivity contribution in [2.45, 2.75) is 18.9 Å². The van der Waals surface area contributed by atoms with Gasteiger partial charge in [0.2, 0.25) is 23.5 Å². The third-order valence-electron chi connectivity index (χ3n) is 4.88. The highest BCUT2D eigenvalue weighted by molar-refractivity contribution is 5.99. The zero-order valence-electron chi connectivity index (χ0n) is 17.1. The first-order valence-corrected chi connectivity index (χ1v) is 9.99. The number of nitrogen functional groups attached to an aromatic ring is 1. The molecule has 3 heterocycles. The number of nitrogens with zero attached hydrogens (tertiary/aromatic N) is 7. The van der Waals surface area contributed by atoms with Crippen LogP contribution in [0.25, 0.3) is 23.2 Å². The summed E-state index contributed by atoms with van der Waals surface area (Å²) < 4.78 is 5.38. The molecule has 0 bridgehead atoms. The molecule has 3 N–H and O–H groups in total. The minimum absolute atomic E-state index is 0.0152. The molecule has 5 rings (SSSR count). The molecule has 11 nitrogen and oxygen atoms in total. The highest BCUT2D eigenvalue weighted by atomic mass is 16.5. The number of nitrogens with two attached hydrogens (primary N) is 1. The zero-order chi connectivity index (χ0) is 22.1. The highest BCUT2D eigenvalue weighted by Crippen LogP contribution is 2.26. The zero-order valence-corrected chi connectivity index (χ0v) is 17.1. The number of pyridine rings is 1. The van der Waals surface area contributed by atoms with Gasteiger partial charge >= 0.3 is 0 Å². The van der Waals surface area contributed by atoms with Crippen molar-refractivity contribution in [3.8, 4) is 23.2 Å². The molecule has 160 valence electrons. The largest absolute Gasteiger partial charge is 0.368 e. The van der Waals surface area contributed by atoms with E-state index >= 15 is 0 Å². The van der Waals surface area contributed by atoms with Crippen molar-refractivity contribution in [1.82, 2.24) is 35.4 Å². The standard InChI is InChI=1S/C21H19N9O2/c1-30(13-6-3-2-4-7-13)21-27-16(26-20(22)28-21)17-25-19(32-29-17)15-14(8-5-11-23-15)18(31)24-12-9-10-12/h2-8,11-12H,9-10H2,1H3,(H,24,31)(H2,22,26,27,28). The van der Waals surface area contributed by atoms with Crippen LogP contribution < -0.4 is 16.0 Å². The van der Waals surface area contributed by atoms with Gasteiger partial charge in [-0.15, -0.1) is 0 Å². The molecule has 32 heavy (non-hydrogen) atoms. The van der Waals surface area contributed by atoms with E-state index < -0.39 is 0 Å². The first kappa shape index (κ1) is 19.5. The molecule has 1 aliphatic rings. The number of rotatable bonds is 6. The molecule has 11 heteroatoms. The summed E-state index contributed by atoms with van der Waals surface area (Å²) in [5, 5.41) is 6.90. The van der Waals surface area contributed by atoms with Gasteiger partial charge in [-0.25, -0.2) is 0 Å². The van der Waals surface area contributed by atoms with Crippen LogP contribution in [0.3, 0.4) is 0 Å². The molecule has 1 aliphatic carbocycles. The van der Waals surface area contributed by atoms with Crippen molar-refractivity contribution in [1.29, 1.82) is 0 Å². The summed E-state index contributed by atoms with van der Waals surface area (Å²) in [5.41, 5.74) is 7.42. The SMILES string of the molecule is CN(c1ccccc1)c1nc(N)nc(-c2noc(-c3ncccc3C(=O)NC3CC3)n2)n1. The summed E-state index contributed by atoms with van der Waals surface area (Å²) in [6.07, 6.45) is 3.51. The Labute approximate surface area is 182 Å². The fourth-order valence-electron chi connectivity index (χ4n) is 3.06. The highest BCUT2D eigenvalue weighted by Gasteiger charge is 2.27. The molecule has 4 aromatic rings. The Bertz CT molecular complexity index is 1270. The maximum Gasteiger partial charge on any atom is 0.277 e. The number of anilines is 3. The summed E-state index contributed by atoms with van der Waals surface area (Å²) in [6.45, 7) is 0. The Balaban J connectivity index is 1.47. The quantitative estimate of drug-likeness (QED) is 0.467. The van der Waals surface area contributed by atoms with E-state index in [9.17, 15) is 4.79 Å². The van der Waals surface area contributed by atoms with Crippen molar-refractivity contribution < 1.29 is 9.32 Å². The van der Waals surface area contributed by atoms with E-state index in [0.29, 0.717) is 11.5 Å². The van der Waals surface area contributed by atoms with E-state index in [4.69, 9.17) is 10.3 Å². The van der Waals surface area contributed by atoms with Gasteiger partial charge in [-0.1, -0.05) is 23.4 Å². The number of carbonyl (C=O) groups is 1. The lowest BCUT2D eigenvalue weighted by Crippen LogP contribution is -2.26. The van der Waals surface area contributed by atoms with Gasteiger partial charge in [0, 0.05) is 25.0 Å². The molecule has 0 radical (unpaired) electrons. The van der Waals surface area contributed by atoms with Crippen molar-refractivity contribution in [3.05, 3.63) is 54.2 Å². The molecule has 0 unspecified atom stereocenters. The van der Waals surface area contributed by atoms with Gasteiger partial charge in [0.05, 0.1) is 5.56 Å². The van der Waals surface area contributed by atoms with Crippen LogP contribution in [0.4, 0.5) is 17.6 Å². The molecule has 1 saturated carbocycles. The van der Waals surface area contributed by atoms with E-state index in [1.54, 1.807) is 23.2 Å². The third kappa shape index (κ3) is 3.95. The Morgan fingerprint density at radius 3 is 2.66 bits per heavy atom.